The van der Waals surface area contributed by atoms with Crippen LogP contribution in [0, 0.1) is 6.92 Å². The first-order valence-corrected chi connectivity index (χ1v) is 9.40. The second-order valence-electron chi connectivity index (χ2n) is 6.66. The van der Waals surface area contributed by atoms with E-state index in [9.17, 15) is 0 Å². The zero-order valence-electron chi connectivity index (χ0n) is 17.1. The molecule has 2 heterocycles. The summed E-state index contributed by atoms with van der Waals surface area (Å²) >= 11 is 0. The van der Waals surface area contributed by atoms with Gasteiger partial charge in [0.25, 0.3) is 0 Å². The molecule has 0 atom stereocenters. The number of nitrogens with one attached hydrogen (secondary N) is 1. The molecule has 3 rings (SSSR count). The molecular formula is C20H30IN5O2. The van der Waals surface area contributed by atoms with Crippen molar-refractivity contribution >= 4 is 29.9 Å². The van der Waals surface area contributed by atoms with Gasteiger partial charge >= 0.3 is 0 Å². The van der Waals surface area contributed by atoms with E-state index in [0.29, 0.717) is 6.54 Å². The van der Waals surface area contributed by atoms with Crippen LogP contribution in [0.25, 0.3) is 0 Å². The van der Waals surface area contributed by atoms with Gasteiger partial charge in [0.05, 0.1) is 33.5 Å². The number of aliphatic imine (C=N–C) groups is 1. The molecule has 0 saturated heterocycles. The third-order valence-corrected chi connectivity index (χ3v) is 4.71. The summed E-state index contributed by atoms with van der Waals surface area (Å²) in [5.41, 5.74) is 3.74. The number of nitrogens with zero attached hydrogens (tertiary/aromatic N) is 4. The maximum atomic E-state index is 5.46. The fourth-order valence-corrected chi connectivity index (χ4v) is 3.34. The monoisotopic (exact) mass is 499 g/mol. The number of aromatic nitrogens is 2. The van der Waals surface area contributed by atoms with Gasteiger partial charge in [-0.05, 0) is 49.1 Å². The van der Waals surface area contributed by atoms with Crippen LogP contribution in [0.5, 0.6) is 11.5 Å². The molecule has 28 heavy (non-hydrogen) atoms. The number of hydrogen-bond acceptors (Lipinski definition) is 4. The Morgan fingerprint density at radius 2 is 1.93 bits per heavy atom. The number of aryl methyl sites for hydroxylation is 1. The first-order valence-electron chi connectivity index (χ1n) is 9.40. The van der Waals surface area contributed by atoms with Crippen LogP contribution in [0.3, 0.4) is 0 Å². The van der Waals surface area contributed by atoms with Crippen molar-refractivity contribution in [3.63, 3.8) is 0 Å². The van der Waals surface area contributed by atoms with Crippen LogP contribution in [0.4, 0.5) is 0 Å². The minimum atomic E-state index is 0. The molecule has 1 aliphatic heterocycles. The van der Waals surface area contributed by atoms with Gasteiger partial charge in [0.1, 0.15) is 0 Å². The number of rotatable bonds is 6. The molecule has 154 valence electrons. The summed E-state index contributed by atoms with van der Waals surface area (Å²) in [4.78, 5) is 7.10. The number of fused-ring (bicyclic) bond motifs is 1. The van der Waals surface area contributed by atoms with Crippen LogP contribution in [0.2, 0.25) is 0 Å². The van der Waals surface area contributed by atoms with Crippen molar-refractivity contribution in [3.8, 4) is 11.5 Å². The Hall–Kier alpha value is -1.97. The van der Waals surface area contributed by atoms with Crippen molar-refractivity contribution in [3.05, 3.63) is 41.2 Å². The fourth-order valence-electron chi connectivity index (χ4n) is 3.34. The predicted molar refractivity (Wildman–Crippen MR) is 122 cm³/mol. The van der Waals surface area contributed by atoms with Crippen molar-refractivity contribution in [2.24, 2.45) is 4.99 Å². The van der Waals surface area contributed by atoms with E-state index in [2.05, 4.69) is 34.4 Å². The van der Waals surface area contributed by atoms with Gasteiger partial charge in [-0.2, -0.15) is 5.10 Å². The minimum absolute atomic E-state index is 0. The quantitative estimate of drug-likeness (QED) is 0.377. The molecule has 0 radical (unpaired) electrons. The number of methoxy groups -OCH3 is 2. The topological polar surface area (TPSA) is 63.9 Å². The minimum Gasteiger partial charge on any atom is -0.493 e. The molecular weight excluding hydrogens is 469 g/mol. The maximum absolute atomic E-state index is 5.46. The van der Waals surface area contributed by atoms with E-state index in [4.69, 9.17) is 14.5 Å². The van der Waals surface area contributed by atoms with Gasteiger partial charge in [0.2, 0.25) is 0 Å². The van der Waals surface area contributed by atoms with Gasteiger partial charge in [-0.15, -0.1) is 24.0 Å². The van der Waals surface area contributed by atoms with Gasteiger partial charge in [-0.25, -0.2) is 0 Å². The molecule has 2 aromatic rings. The van der Waals surface area contributed by atoms with Crippen molar-refractivity contribution in [1.82, 2.24) is 20.0 Å². The van der Waals surface area contributed by atoms with Crippen LogP contribution in [-0.4, -0.2) is 54.5 Å². The number of halogens is 1. The van der Waals surface area contributed by atoms with Crippen LogP contribution in [0.1, 0.15) is 23.6 Å². The van der Waals surface area contributed by atoms with Crippen LogP contribution < -0.4 is 14.8 Å². The van der Waals surface area contributed by atoms with Crippen molar-refractivity contribution in [2.75, 3.05) is 33.9 Å². The SMILES string of the molecule is CCNC(=NCCn1cc(C)cn1)N1CCc2cc(OC)c(OC)cc2C1.I. The second kappa shape index (κ2) is 10.5. The number of ether oxygens (including phenoxy) is 2. The van der Waals surface area contributed by atoms with E-state index < -0.39 is 0 Å². The van der Waals surface area contributed by atoms with Gasteiger partial charge < -0.3 is 19.7 Å². The Kier molecular flexibility index (Phi) is 8.40. The summed E-state index contributed by atoms with van der Waals surface area (Å²) in [6.45, 7) is 8.19. The average Bonchev–Trinajstić information content (AvgIpc) is 3.10. The lowest BCUT2D eigenvalue weighted by atomic mass is 9.99. The summed E-state index contributed by atoms with van der Waals surface area (Å²) in [5, 5.41) is 7.74. The molecule has 0 amide bonds. The fraction of sp³-hybridized carbons (Fsp3) is 0.500. The molecule has 8 heteroatoms. The summed E-state index contributed by atoms with van der Waals surface area (Å²) in [7, 11) is 3.35. The van der Waals surface area contributed by atoms with Crippen LogP contribution in [0.15, 0.2) is 29.5 Å². The highest BCUT2D eigenvalue weighted by atomic mass is 127. The van der Waals surface area contributed by atoms with Gasteiger partial charge in [0.15, 0.2) is 17.5 Å². The van der Waals surface area contributed by atoms with E-state index >= 15 is 0 Å². The summed E-state index contributed by atoms with van der Waals surface area (Å²) in [6, 6.07) is 4.17. The normalized spacial score (nSPS) is 13.6. The molecule has 1 aliphatic rings. The van der Waals surface area contributed by atoms with Gasteiger partial charge in [-0.1, -0.05) is 0 Å². The van der Waals surface area contributed by atoms with E-state index in [-0.39, 0.29) is 24.0 Å². The zero-order valence-corrected chi connectivity index (χ0v) is 19.4. The third kappa shape index (κ3) is 5.30. The first-order chi connectivity index (χ1) is 13.1. The average molecular weight is 499 g/mol. The van der Waals surface area contributed by atoms with Gasteiger partial charge in [-0.3, -0.25) is 9.67 Å². The molecule has 1 N–H and O–H groups in total. The molecule has 1 aromatic carbocycles. The van der Waals surface area contributed by atoms with E-state index in [1.807, 2.05) is 24.0 Å². The Labute approximate surface area is 184 Å². The standard InChI is InChI=1S/C20H29N5O2.HI/c1-5-21-20(22-7-9-25-13-15(2)12-23-25)24-8-6-16-10-18(26-3)19(27-4)11-17(16)14-24;/h10-13H,5-9,14H2,1-4H3,(H,21,22);1H. The lowest BCUT2D eigenvalue weighted by molar-refractivity contribution is 0.346. The smallest absolute Gasteiger partial charge is 0.194 e. The van der Waals surface area contributed by atoms with Crippen LogP contribution in [-0.2, 0) is 19.5 Å². The Bertz CT molecular complexity index is 806. The van der Waals surface area contributed by atoms with Crippen molar-refractivity contribution < 1.29 is 9.47 Å². The molecule has 0 unspecified atom stereocenters. The number of hydrogen-bond donors (Lipinski definition) is 1. The highest BCUT2D eigenvalue weighted by molar-refractivity contribution is 14.0. The lowest BCUT2D eigenvalue weighted by Gasteiger charge is -2.32. The lowest BCUT2D eigenvalue weighted by Crippen LogP contribution is -2.44. The Morgan fingerprint density at radius 3 is 2.54 bits per heavy atom. The molecule has 0 fully saturated rings. The summed E-state index contributed by atoms with van der Waals surface area (Å²) in [5.74, 6) is 2.51. The highest BCUT2D eigenvalue weighted by Crippen LogP contribution is 2.33. The molecule has 0 saturated carbocycles. The molecule has 7 nitrogen and oxygen atoms in total. The van der Waals surface area contributed by atoms with Gasteiger partial charge in [0, 0.05) is 25.8 Å². The first kappa shape index (κ1) is 22.3. The molecule has 1 aromatic heterocycles. The number of guanidine groups is 1. The molecule has 0 spiro atoms. The number of benzene rings is 1. The third-order valence-electron chi connectivity index (χ3n) is 4.71. The largest absolute Gasteiger partial charge is 0.493 e. The van der Waals surface area contributed by atoms with E-state index in [1.54, 1.807) is 14.2 Å². The zero-order chi connectivity index (χ0) is 19.2. The Morgan fingerprint density at radius 1 is 1.21 bits per heavy atom. The maximum Gasteiger partial charge on any atom is 0.194 e. The summed E-state index contributed by atoms with van der Waals surface area (Å²) < 4.78 is 12.8. The van der Waals surface area contributed by atoms with E-state index in [1.165, 1.54) is 16.7 Å². The Balaban J connectivity index is 0.00000280. The highest BCUT2D eigenvalue weighted by Gasteiger charge is 2.21. The second-order valence-corrected chi connectivity index (χ2v) is 6.66. The van der Waals surface area contributed by atoms with Crippen molar-refractivity contribution in [1.29, 1.82) is 0 Å². The van der Waals surface area contributed by atoms with Crippen LogP contribution >= 0.6 is 24.0 Å². The summed E-state index contributed by atoms with van der Waals surface area (Å²) in [6.07, 6.45) is 4.87. The molecule has 0 aliphatic carbocycles. The molecule has 0 bridgehead atoms. The van der Waals surface area contributed by atoms with Crippen molar-refractivity contribution in [2.45, 2.75) is 33.4 Å². The predicted octanol–water partition coefficient (Wildman–Crippen LogP) is 2.85. The van der Waals surface area contributed by atoms with E-state index in [0.717, 1.165) is 50.1 Å².